The molecule has 39 heteroatoms. The van der Waals surface area contributed by atoms with E-state index in [9.17, 15) is 63.6 Å². The first kappa shape index (κ1) is 94.5. The van der Waals surface area contributed by atoms with Crippen molar-refractivity contribution in [1.29, 1.82) is 0 Å². The normalized spacial score (nSPS) is 11.4. The van der Waals surface area contributed by atoms with Crippen LogP contribution in [0.4, 0.5) is 46.0 Å². The first-order valence-electron chi connectivity index (χ1n) is 43.5. The second-order valence-corrected chi connectivity index (χ2v) is 34.6. The Labute approximate surface area is 812 Å². The zero-order chi connectivity index (χ0) is 99.7. The Morgan fingerprint density at radius 1 is 0.345 bits per heavy atom. The molecule has 0 aliphatic rings. The number of benzene rings is 8. The van der Waals surface area contributed by atoms with E-state index in [1.54, 1.807) is 245 Å². The summed E-state index contributed by atoms with van der Waals surface area (Å²) in [6.45, 7) is 10.7. The second-order valence-electron chi connectivity index (χ2n) is 32.5. The van der Waals surface area contributed by atoms with Crippen molar-refractivity contribution in [3.05, 3.63) is 363 Å². The number of anilines is 4. The zero-order valence-electron chi connectivity index (χ0n) is 76.5. The van der Waals surface area contributed by atoms with Gasteiger partial charge in [-0.1, -0.05) is 6.07 Å². The van der Waals surface area contributed by atoms with E-state index < -0.39 is 0 Å². The predicted molar refractivity (Wildman–Crippen MR) is 543 cm³/mol. The van der Waals surface area contributed by atoms with Gasteiger partial charge in [0.15, 0.2) is 69.9 Å². The van der Waals surface area contributed by atoms with Crippen LogP contribution >= 0.6 is 22.7 Å². The molecule has 0 saturated heterocycles. The van der Waals surface area contributed by atoms with E-state index in [1.165, 1.54) is 52.5 Å². The molecule has 0 atom stereocenters. The number of ketones is 5. The Morgan fingerprint density at radius 3 is 0.930 bits per heavy atom. The first-order chi connectivity index (χ1) is 68.4. The number of aromatic nitrogens is 16. The molecule has 20 rings (SSSR count). The van der Waals surface area contributed by atoms with E-state index in [0.717, 1.165) is 39.8 Å². The average molecular weight is 1930 g/mol. The molecule has 12 heterocycles. The van der Waals surface area contributed by atoms with Crippen molar-refractivity contribution in [2.45, 2.75) is 41.5 Å². The van der Waals surface area contributed by atoms with Crippen LogP contribution in [0.2, 0.25) is 0 Å². The number of hydrogen-bond acceptors (Lipinski definition) is 25. The Hall–Kier alpha value is -19.3. The number of nitrogens with one attached hydrogen (secondary N) is 12. The van der Waals surface area contributed by atoms with Crippen LogP contribution in [-0.2, 0) is 14.1 Å². The van der Waals surface area contributed by atoms with Gasteiger partial charge < -0.3 is 61.6 Å². The molecule has 706 valence electrons. The maximum absolute atomic E-state index is 13.2. The SMILES string of the molecule is CC(=O)c1ccc(C(=O)Nc2ccc(C(=O)c3ccc4[nH]c(O)c(C=Nc5cc(C)[nH]n5)c4c3)cc2)s1.Cc1cc(C(=O)Nc2ccc(C(=O)c3ccc4[nH]c(O)c(C=Nc5cc(C)[nH]n5)c4c3)cc2)n(C)n1.Cc1cc(C(=O)Nc2ccc(C(=O)c3ccc4[nH]c(O)c(C=Nc5ccn[nH]5)c4c3)cc2)n(C)n1.Cc1cc(N=Cc2c(O)[nH]c3ccc(C(=O)c4ccc(NC(=O)c5cccs5)cc4)cc23)n[nH]1. The molecule has 0 unspecified atom stereocenters. The van der Waals surface area contributed by atoms with E-state index in [1.807, 2.05) is 46.1 Å². The Balaban J connectivity index is 0.000000130. The van der Waals surface area contributed by atoms with E-state index >= 15 is 0 Å². The van der Waals surface area contributed by atoms with Crippen molar-refractivity contribution in [2.24, 2.45) is 34.1 Å². The van der Waals surface area contributed by atoms with Crippen LogP contribution in [0.1, 0.15) is 171 Å². The third-order valence-electron chi connectivity index (χ3n) is 22.2. The van der Waals surface area contributed by atoms with Gasteiger partial charge in [0, 0.05) is 191 Å². The molecule has 12 aromatic heterocycles. The minimum atomic E-state index is -0.325. The van der Waals surface area contributed by atoms with Crippen molar-refractivity contribution in [2.75, 3.05) is 21.3 Å². The van der Waals surface area contributed by atoms with E-state index in [-0.39, 0.29) is 76.1 Å². The maximum Gasteiger partial charge on any atom is 0.273 e. The molecule has 37 nitrogen and oxygen atoms in total. The molecule has 0 saturated carbocycles. The number of Topliss-reactive ketones (excluding diaryl/α,β-unsaturated/α-hetero) is 1. The smallest absolute Gasteiger partial charge is 0.273 e. The van der Waals surface area contributed by atoms with Crippen molar-refractivity contribution in [3.63, 3.8) is 0 Å². The molecule has 16 N–H and O–H groups in total. The Kier molecular flexibility index (Phi) is 27.3. The number of aryl methyl sites for hydroxylation is 7. The lowest BCUT2D eigenvalue weighted by Crippen LogP contribution is -2.16. The van der Waals surface area contributed by atoms with E-state index in [2.05, 4.69) is 112 Å². The fourth-order valence-electron chi connectivity index (χ4n) is 15.1. The Morgan fingerprint density at radius 2 is 0.655 bits per heavy atom. The number of fused-ring (bicyclic) bond motifs is 4. The number of hydrogen-bond donors (Lipinski definition) is 16. The predicted octanol–water partition coefficient (Wildman–Crippen LogP) is 18.7. The van der Waals surface area contributed by atoms with Crippen LogP contribution in [0.25, 0.3) is 43.6 Å². The summed E-state index contributed by atoms with van der Waals surface area (Å²) in [5.41, 5.74) is 15.4. The number of amides is 4. The van der Waals surface area contributed by atoms with Crippen LogP contribution in [0.5, 0.6) is 23.5 Å². The summed E-state index contributed by atoms with van der Waals surface area (Å²) < 4.78 is 3.04. The summed E-state index contributed by atoms with van der Waals surface area (Å²) in [5, 5.41) is 92.6. The molecular weight excluding hydrogens is 1850 g/mol. The Bertz CT molecular complexity index is 8380. The summed E-state index contributed by atoms with van der Waals surface area (Å²) in [7, 11) is 3.42. The average Bonchev–Trinajstić information content (AvgIpc) is 1.64. The lowest BCUT2D eigenvalue weighted by Gasteiger charge is -2.07. The molecule has 4 amide bonds. The molecular formula is C103H84N24O13S2. The lowest BCUT2D eigenvalue weighted by atomic mass is 10.0. The molecule has 0 radical (unpaired) electrons. The van der Waals surface area contributed by atoms with Gasteiger partial charge in [-0.2, -0.15) is 30.6 Å². The number of carbonyl (C=O) groups excluding carboxylic acids is 9. The third-order valence-corrected chi connectivity index (χ3v) is 24.3. The molecule has 0 aliphatic carbocycles. The maximum atomic E-state index is 13.2. The van der Waals surface area contributed by atoms with Crippen LogP contribution < -0.4 is 21.3 Å². The lowest BCUT2D eigenvalue weighted by molar-refractivity contribution is 0.101. The standard InChI is InChI=1S/C27H21N5O4S.C26H23N7O3.C25H21N7O3.C25H19N5O3S/c1-14-11-24(32-31-14)28-13-20-19-12-17(5-8-21(19)30-26(20)35)25(34)16-3-6-18(7-4-16)29-27(36)23-10-9-22(37-23)15(2)33;1-14-11-23(31-30-14)27-13-20-19-12-17(6-9-21(19)29-25(20)35)24(34)16-4-7-18(8-5-16)28-26(36)22-10-15(2)32-33(22)3;1-14-11-21(32(2)31-14)25(35)28-17-6-3-15(4-7-17)23(33)16-5-8-20-18(12-16)19(24(34)29-20)13-26-22-9-10-27-30-22;1-14-11-22(30-29-14)26-13-19-18-12-16(6-9-20(18)28-24(19)32)23(31)15-4-7-17(8-5-15)27-25(33)21-3-2-10-34-21/h3-13,30,35H,1-2H3,(H,29,36)(H,31,32);4-13,29,35H,1-3H3,(H,28,36)(H,30,31);3-13,29,34H,1-2H3,(H,27,30)(H,28,35);2-13,28,32H,1H3,(H,27,33)(H,29,30). The summed E-state index contributed by atoms with van der Waals surface area (Å²) in [6, 6.07) is 64.5. The van der Waals surface area contributed by atoms with Gasteiger partial charge in [-0.3, -0.25) is 72.9 Å². The van der Waals surface area contributed by atoms with Crippen molar-refractivity contribution in [1.82, 2.24) is 80.3 Å². The van der Waals surface area contributed by atoms with Gasteiger partial charge in [-0.15, -0.1) is 22.7 Å². The number of aromatic hydroxyl groups is 4. The highest BCUT2D eigenvalue weighted by molar-refractivity contribution is 7.16. The molecule has 0 spiro atoms. The van der Waals surface area contributed by atoms with Gasteiger partial charge in [-0.25, -0.2) is 20.0 Å². The topological polar surface area (TPSA) is 546 Å². The quantitative estimate of drug-likeness (QED) is 0.0187. The highest BCUT2D eigenvalue weighted by Crippen LogP contribution is 2.35. The van der Waals surface area contributed by atoms with Gasteiger partial charge in [0.25, 0.3) is 23.6 Å². The summed E-state index contributed by atoms with van der Waals surface area (Å²) in [5.74, 6) is -0.142. The van der Waals surface area contributed by atoms with Crippen LogP contribution in [0.15, 0.2) is 262 Å². The molecule has 20 aromatic rings. The summed E-state index contributed by atoms with van der Waals surface area (Å²) >= 11 is 2.49. The minimum Gasteiger partial charge on any atom is -0.494 e. The zero-order valence-corrected chi connectivity index (χ0v) is 78.2. The van der Waals surface area contributed by atoms with Gasteiger partial charge in [0.05, 0.1) is 54.5 Å². The van der Waals surface area contributed by atoms with Gasteiger partial charge in [0.1, 0.15) is 17.2 Å². The van der Waals surface area contributed by atoms with Crippen molar-refractivity contribution in [3.8, 4) is 23.5 Å². The molecule has 142 heavy (non-hydrogen) atoms. The van der Waals surface area contributed by atoms with Gasteiger partial charge >= 0.3 is 0 Å². The minimum absolute atomic E-state index is 0.0403. The third kappa shape index (κ3) is 21.6. The van der Waals surface area contributed by atoms with Crippen molar-refractivity contribution >= 4 is 190 Å². The van der Waals surface area contributed by atoms with Crippen LogP contribution in [-0.4, -0.2) is 178 Å². The monoisotopic (exact) mass is 1930 g/mol. The number of rotatable bonds is 25. The summed E-state index contributed by atoms with van der Waals surface area (Å²) in [6.07, 6.45) is 7.62. The first-order valence-corrected chi connectivity index (χ1v) is 45.2. The number of carbonyl (C=O) groups is 9. The molecule has 0 fully saturated rings. The van der Waals surface area contributed by atoms with E-state index in [4.69, 9.17) is 0 Å². The molecule has 0 aliphatic heterocycles. The fraction of sp³-hybridized carbons (Fsp3) is 0.0777. The number of aliphatic imine (C=N–C) groups is 4. The largest absolute Gasteiger partial charge is 0.494 e. The van der Waals surface area contributed by atoms with Crippen LogP contribution in [0, 0.1) is 34.6 Å². The number of aromatic amines is 8. The van der Waals surface area contributed by atoms with Gasteiger partial charge in [0.2, 0.25) is 0 Å². The second kappa shape index (κ2) is 41.1. The van der Waals surface area contributed by atoms with Crippen molar-refractivity contribution < 1.29 is 63.6 Å². The fourth-order valence-corrected chi connectivity index (χ4v) is 16.5. The molecule has 0 bridgehead atoms. The number of nitrogens with zero attached hydrogens (tertiary/aromatic N) is 12. The van der Waals surface area contributed by atoms with E-state index in [0.29, 0.717) is 182 Å². The van der Waals surface area contributed by atoms with Crippen LogP contribution in [0.3, 0.4) is 0 Å². The number of thiophene rings is 2. The highest BCUT2D eigenvalue weighted by atomic mass is 32.1. The highest BCUT2D eigenvalue weighted by Gasteiger charge is 2.24. The summed E-state index contributed by atoms with van der Waals surface area (Å²) in [4.78, 5) is 144. The number of H-pyrrole nitrogens is 8. The van der Waals surface area contributed by atoms with Gasteiger partial charge in [-0.05, 0) is 247 Å². The molecule has 8 aromatic carbocycles.